The molecule has 0 spiro atoms. The Balaban J connectivity index is 1.51. The maximum absolute atomic E-state index is 4.40. The molecule has 0 atom stereocenters. The first-order valence-electron chi connectivity index (χ1n) is 9.03. The monoisotopic (exact) mass is 357 g/mol. The molecule has 0 aliphatic rings. The molecule has 5 nitrogen and oxygen atoms in total. The van der Waals surface area contributed by atoms with Crippen LogP contribution < -0.4 is 0 Å². The van der Waals surface area contributed by atoms with Crippen LogP contribution in [-0.2, 0) is 20.1 Å². The van der Waals surface area contributed by atoms with E-state index in [1.54, 1.807) is 0 Å². The second kappa shape index (κ2) is 7.60. The molecular formula is C22H23N5. The fourth-order valence-electron chi connectivity index (χ4n) is 3.28. The Morgan fingerprint density at radius 3 is 2.33 bits per heavy atom. The molecule has 0 aliphatic carbocycles. The summed E-state index contributed by atoms with van der Waals surface area (Å²) < 4.78 is 2.05. The van der Waals surface area contributed by atoms with E-state index >= 15 is 0 Å². The van der Waals surface area contributed by atoms with Gasteiger partial charge in [-0.3, -0.25) is 10.00 Å². The lowest BCUT2D eigenvalue weighted by Gasteiger charge is -2.16. The van der Waals surface area contributed by atoms with Crippen LogP contribution in [-0.4, -0.2) is 31.7 Å². The van der Waals surface area contributed by atoms with Crippen LogP contribution in [0.2, 0.25) is 0 Å². The lowest BCUT2D eigenvalue weighted by Crippen LogP contribution is -2.19. The smallest absolute Gasteiger partial charge is 0.122 e. The first-order chi connectivity index (χ1) is 13.2. The Kier molecular flexibility index (Phi) is 4.85. The molecule has 1 N–H and O–H groups in total. The van der Waals surface area contributed by atoms with E-state index in [-0.39, 0.29) is 0 Å². The average Bonchev–Trinajstić information content (AvgIpc) is 3.32. The number of rotatable bonds is 6. The third-order valence-electron chi connectivity index (χ3n) is 4.77. The van der Waals surface area contributed by atoms with Crippen molar-refractivity contribution in [2.24, 2.45) is 7.05 Å². The maximum Gasteiger partial charge on any atom is 0.122 e. The van der Waals surface area contributed by atoms with Crippen molar-refractivity contribution < 1.29 is 0 Å². The highest BCUT2D eigenvalue weighted by molar-refractivity contribution is 5.69. The Bertz CT molecular complexity index is 999. The Morgan fingerprint density at radius 1 is 0.926 bits per heavy atom. The van der Waals surface area contributed by atoms with Gasteiger partial charge in [-0.15, -0.1) is 0 Å². The van der Waals surface area contributed by atoms with Gasteiger partial charge in [-0.05, 0) is 23.7 Å². The molecule has 0 saturated carbocycles. The van der Waals surface area contributed by atoms with Gasteiger partial charge in [0.1, 0.15) is 5.82 Å². The molecule has 0 saturated heterocycles. The third kappa shape index (κ3) is 3.83. The zero-order chi connectivity index (χ0) is 18.6. The minimum Gasteiger partial charge on any atom is -0.337 e. The minimum atomic E-state index is 0.793. The van der Waals surface area contributed by atoms with Crippen molar-refractivity contribution in [1.29, 1.82) is 0 Å². The van der Waals surface area contributed by atoms with E-state index in [0.29, 0.717) is 0 Å². The quantitative estimate of drug-likeness (QED) is 0.565. The number of imidazole rings is 1. The van der Waals surface area contributed by atoms with Gasteiger partial charge in [0.05, 0.1) is 18.4 Å². The number of aromatic nitrogens is 4. The average molecular weight is 357 g/mol. The molecule has 2 heterocycles. The molecule has 0 bridgehead atoms. The highest BCUT2D eigenvalue weighted by Crippen LogP contribution is 2.26. The molecule has 136 valence electrons. The van der Waals surface area contributed by atoms with Crippen molar-refractivity contribution in [3.05, 3.63) is 84.6 Å². The third-order valence-corrected chi connectivity index (χ3v) is 4.77. The van der Waals surface area contributed by atoms with E-state index in [0.717, 1.165) is 30.2 Å². The molecule has 27 heavy (non-hydrogen) atoms. The molecule has 2 aromatic heterocycles. The number of hydrogen-bond acceptors (Lipinski definition) is 3. The summed E-state index contributed by atoms with van der Waals surface area (Å²) in [5.74, 6) is 1.05. The number of H-pyrrole nitrogens is 1. The van der Waals surface area contributed by atoms with E-state index in [9.17, 15) is 0 Å². The molecule has 0 fully saturated rings. The molecule has 4 rings (SSSR count). The van der Waals surface area contributed by atoms with Crippen LogP contribution in [0.25, 0.3) is 22.4 Å². The van der Waals surface area contributed by atoms with E-state index < -0.39 is 0 Å². The van der Waals surface area contributed by atoms with Crippen LogP contribution in [0, 0.1) is 0 Å². The summed E-state index contributed by atoms with van der Waals surface area (Å²) in [4.78, 5) is 6.65. The zero-order valence-corrected chi connectivity index (χ0v) is 15.6. The molecule has 0 radical (unpaired) electrons. The largest absolute Gasteiger partial charge is 0.337 e. The van der Waals surface area contributed by atoms with Crippen molar-refractivity contribution in [2.75, 3.05) is 7.05 Å². The summed E-state index contributed by atoms with van der Waals surface area (Å²) in [5.41, 5.74) is 5.84. The lowest BCUT2D eigenvalue weighted by molar-refractivity contribution is 0.307. The van der Waals surface area contributed by atoms with Gasteiger partial charge in [0.25, 0.3) is 0 Å². The van der Waals surface area contributed by atoms with E-state index in [1.165, 1.54) is 16.7 Å². The second-order valence-electron chi connectivity index (χ2n) is 6.84. The number of aromatic amines is 1. The second-order valence-corrected chi connectivity index (χ2v) is 6.84. The number of nitrogens with zero attached hydrogens (tertiary/aromatic N) is 4. The summed E-state index contributed by atoms with van der Waals surface area (Å²) >= 11 is 0. The summed E-state index contributed by atoms with van der Waals surface area (Å²) in [5, 5.41) is 7.43. The normalized spacial score (nSPS) is 11.2. The van der Waals surface area contributed by atoms with Crippen molar-refractivity contribution in [3.8, 4) is 22.4 Å². The topological polar surface area (TPSA) is 49.7 Å². The Labute approximate surface area is 159 Å². The number of nitrogens with one attached hydrogen (secondary N) is 1. The van der Waals surface area contributed by atoms with E-state index in [2.05, 4.69) is 80.2 Å². The number of aryl methyl sites for hydroxylation is 1. The SMILES string of the molecule is CN(Cc1cn[nH]c1-c1ccc(-c2ccccc2)cc1)Cc1nccn1C. The molecule has 0 amide bonds. The van der Waals surface area contributed by atoms with Crippen LogP contribution in [0.5, 0.6) is 0 Å². The lowest BCUT2D eigenvalue weighted by atomic mass is 10.0. The Hall–Kier alpha value is -3.18. The van der Waals surface area contributed by atoms with Gasteiger partial charge in [-0.1, -0.05) is 54.6 Å². The van der Waals surface area contributed by atoms with Gasteiger partial charge in [-0.2, -0.15) is 5.10 Å². The summed E-state index contributed by atoms with van der Waals surface area (Å²) in [6.45, 7) is 1.60. The predicted molar refractivity (Wildman–Crippen MR) is 108 cm³/mol. The molecule has 0 aliphatic heterocycles. The van der Waals surface area contributed by atoms with Gasteiger partial charge in [0, 0.05) is 31.5 Å². The minimum absolute atomic E-state index is 0.793. The molecular weight excluding hydrogens is 334 g/mol. The maximum atomic E-state index is 4.40. The molecule has 4 aromatic rings. The van der Waals surface area contributed by atoms with Gasteiger partial charge < -0.3 is 4.57 Å². The van der Waals surface area contributed by atoms with Crippen LogP contribution in [0.3, 0.4) is 0 Å². The molecule has 0 unspecified atom stereocenters. The van der Waals surface area contributed by atoms with Crippen molar-refractivity contribution >= 4 is 0 Å². The van der Waals surface area contributed by atoms with Crippen molar-refractivity contribution in [1.82, 2.24) is 24.6 Å². The van der Waals surface area contributed by atoms with Gasteiger partial charge >= 0.3 is 0 Å². The van der Waals surface area contributed by atoms with Crippen LogP contribution in [0.15, 0.2) is 73.2 Å². The predicted octanol–water partition coefficient (Wildman–Crippen LogP) is 4.11. The van der Waals surface area contributed by atoms with Crippen LogP contribution in [0.1, 0.15) is 11.4 Å². The first-order valence-corrected chi connectivity index (χ1v) is 9.03. The standard InChI is InChI=1S/C22H23N5/c1-26(16-21-23-12-13-27(21)2)15-20-14-24-25-22(20)19-10-8-18(9-11-19)17-6-4-3-5-7-17/h3-14H,15-16H2,1-2H3,(H,24,25). The fourth-order valence-corrected chi connectivity index (χ4v) is 3.28. The number of benzene rings is 2. The van der Waals surface area contributed by atoms with E-state index in [1.807, 2.05) is 31.7 Å². The van der Waals surface area contributed by atoms with Gasteiger partial charge in [-0.25, -0.2) is 4.98 Å². The first kappa shape index (κ1) is 17.2. The summed E-state index contributed by atoms with van der Waals surface area (Å²) in [6.07, 6.45) is 5.72. The van der Waals surface area contributed by atoms with Gasteiger partial charge in [0.15, 0.2) is 0 Å². The van der Waals surface area contributed by atoms with Crippen LogP contribution >= 0.6 is 0 Å². The van der Waals surface area contributed by atoms with Crippen molar-refractivity contribution in [3.63, 3.8) is 0 Å². The zero-order valence-electron chi connectivity index (χ0n) is 15.6. The van der Waals surface area contributed by atoms with Crippen molar-refractivity contribution in [2.45, 2.75) is 13.1 Å². The Morgan fingerprint density at radius 2 is 1.63 bits per heavy atom. The van der Waals surface area contributed by atoms with Gasteiger partial charge in [0.2, 0.25) is 0 Å². The molecule has 5 heteroatoms. The van der Waals surface area contributed by atoms with Crippen LogP contribution in [0.4, 0.5) is 0 Å². The highest BCUT2D eigenvalue weighted by Gasteiger charge is 2.12. The highest BCUT2D eigenvalue weighted by atomic mass is 15.2. The number of hydrogen-bond donors (Lipinski definition) is 1. The van der Waals surface area contributed by atoms with E-state index in [4.69, 9.17) is 0 Å². The molecule has 2 aromatic carbocycles. The fraction of sp³-hybridized carbons (Fsp3) is 0.182. The summed E-state index contributed by atoms with van der Waals surface area (Å²) in [6, 6.07) is 19.0. The summed E-state index contributed by atoms with van der Waals surface area (Å²) in [7, 11) is 4.12.